The van der Waals surface area contributed by atoms with Gasteiger partial charge in [0.1, 0.15) is 11.6 Å². The smallest absolute Gasteiger partial charge is 0.315 e. The topological polar surface area (TPSA) is 57.5 Å². The van der Waals surface area contributed by atoms with Gasteiger partial charge in [-0.05, 0) is 44.1 Å². The molecule has 1 unspecified atom stereocenters. The lowest BCUT2D eigenvalue weighted by Crippen LogP contribution is -2.43. The summed E-state index contributed by atoms with van der Waals surface area (Å²) in [6.07, 6.45) is 5.23. The van der Waals surface area contributed by atoms with E-state index in [9.17, 15) is 9.18 Å². The Labute approximate surface area is 147 Å². The molecule has 2 N–H and O–H groups in total. The van der Waals surface area contributed by atoms with Crippen LogP contribution in [-0.4, -0.2) is 30.6 Å². The molecule has 3 rings (SSSR count). The van der Waals surface area contributed by atoms with Crippen LogP contribution in [0.25, 0.3) is 0 Å². The van der Waals surface area contributed by atoms with Gasteiger partial charge in [-0.25, -0.2) is 9.18 Å². The molecule has 1 saturated heterocycles. The number of urea groups is 1. The molecule has 0 saturated carbocycles. The molecular formula is C19H24FN3O2. The molecule has 25 heavy (non-hydrogen) atoms. The summed E-state index contributed by atoms with van der Waals surface area (Å²) >= 11 is 0. The molecule has 1 aromatic heterocycles. The first-order valence-electron chi connectivity index (χ1n) is 8.76. The first-order valence-corrected chi connectivity index (χ1v) is 8.76. The molecule has 0 bridgehead atoms. The molecule has 6 heteroatoms. The second kappa shape index (κ2) is 8.67. The second-order valence-electron chi connectivity index (χ2n) is 6.28. The van der Waals surface area contributed by atoms with Crippen molar-refractivity contribution < 1.29 is 13.6 Å². The summed E-state index contributed by atoms with van der Waals surface area (Å²) in [7, 11) is 0. The number of benzene rings is 1. The monoisotopic (exact) mass is 345 g/mol. The zero-order valence-electron chi connectivity index (χ0n) is 14.2. The highest BCUT2D eigenvalue weighted by Gasteiger charge is 2.24. The fourth-order valence-electron chi connectivity index (χ4n) is 3.19. The van der Waals surface area contributed by atoms with Crippen molar-refractivity contribution in [2.75, 3.05) is 19.6 Å². The lowest BCUT2D eigenvalue weighted by molar-refractivity contribution is 0.143. The fourth-order valence-corrected chi connectivity index (χ4v) is 3.19. The largest absolute Gasteiger partial charge is 0.468 e. The van der Waals surface area contributed by atoms with Crippen molar-refractivity contribution in [1.29, 1.82) is 0 Å². The van der Waals surface area contributed by atoms with Crippen LogP contribution in [0, 0.1) is 5.82 Å². The first kappa shape index (κ1) is 17.5. The highest BCUT2D eigenvalue weighted by Crippen LogP contribution is 2.24. The average Bonchev–Trinajstić information content (AvgIpc) is 3.16. The molecule has 2 heterocycles. The van der Waals surface area contributed by atoms with Crippen LogP contribution in [-0.2, 0) is 6.54 Å². The number of rotatable bonds is 6. The highest BCUT2D eigenvalue weighted by molar-refractivity contribution is 5.73. The molecule has 0 radical (unpaired) electrons. The Kier molecular flexibility index (Phi) is 6.06. The van der Waals surface area contributed by atoms with Gasteiger partial charge in [0.25, 0.3) is 0 Å². The third-order valence-corrected chi connectivity index (χ3v) is 4.56. The van der Waals surface area contributed by atoms with Crippen LogP contribution >= 0.6 is 0 Å². The van der Waals surface area contributed by atoms with Gasteiger partial charge in [-0.15, -0.1) is 0 Å². The van der Waals surface area contributed by atoms with Gasteiger partial charge in [-0.3, -0.25) is 4.90 Å². The maximum absolute atomic E-state index is 13.6. The van der Waals surface area contributed by atoms with Crippen LogP contribution in [0.4, 0.5) is 9.18 Å². The number of nitrogens with zero attached hydrogens (tertiary/aromatic N) is 1. The zero-order chi connectivity index (χ0) is 17.5. The second-order valence-corrected chi connectivity index (χ2v) is 6.28. The van der Waals surface area contributed by atoms with E-state index in [1.54, 1.807) is 24.5 Å². The summed E-state index contributed by atoms with van der Waals surface area (Å²) in [4.78, 5) is 14.4. The molecule has 2 amide bonds. The van der Waals surface area contributed by atoms with E-state index >= 15 is 0 Å². The van der Waals surface area contributed by atoms with Crippen LogP contribution in [0.2, 0.25) is 0 Å². The van der Waals surface area contributed by atoms with E-state index in [4.69, 9.17) is 4.42 Å². The predicted molar refractivity (Wildman–Crippen MR) is 93.5 cm³/mol. The molecule has 0 aliphatic carbocycles. The van der Waals surface area contributed by atoms with E-state index in [1.165, 1.54) is 12.5 Å². The van der Waals surface area contributed by atoms with Gasteiger partial charge in [0.2, 0.25) is 0 Å². The summed E-state index contributed by atoms with van der Waals surface area (Å²) in [5.74, 6) is 0.542. The number of piperidine rings is 1. The first-order chi connectivity index (χ1) is 12.2. The fraction of sp³-hybridized carbons (Fsp3) is 0.421. The van der Waals surface area contributed by atoms with Gasteiger partial charge in [-0.2, -0.15) is 0 Å². The Balaban J connectivity index is 1.53. The number of halogens is 1. The summed E-state index contributed by atoms with van der Waals surface area (Å²) in [5.41, 5.74) is 0.469. The van der Waals surface area contributed by atoms with Crippen molar-refractivity contribution in [3.05, 3.63) is 59.8 Å². The minimum Gasteiger partial charge on any atom is -0.468 e. The third-order valence-electron chi connectivity index (χ3n) is 4.56. The lowest BCUT2D eigenvalue weighted by Gasteiger charge is -2.33. The lowest BCUT2D eigenvalue weighted by atomic mass is 10.1. The molecule has 5 nitrogen and oxygen atoms in total. The SMILES string of the molecule is O=C(NCc1ccccc1F)NCC(c1ccco1)N1CCCCC1. The maximum Gasteiger partial charge on any atom is 0.315 e. The van der Waals surface area contributed by atoms with Gasteiger partial charge in [0.15, 0.2) is 0 Å². The highest BCUT2D eigenvalue weighted by atomic mass is 19.1. The quantitative estimate of drug-likeness (QED) is 0.843. The molecule has 2 aromatic rings. The number of likely N-dealkylation sites (tertiary alicyclic amines) is 1. The van der Waals surface area contributed by atoms with E-state index in [0.717, 1.165) is 31.7 Å². The number of carbonyl (C=O) groups is 1. The number of furan rings is 1. The Morgan fingerprint density at radius 3 is 2.64 bits per heavy atom. The summed E-state index contributed by atoms with van der Waals surface area (Å²) in [5, 5.41) is 5.59. The van der Waals surface area contributed by atoms with E-state index < -0.39 is 0 Å². The normalized spacial score (nSPS) is 16.4. The van der Waals surface area contributed by atoms with Gasteiger partial charge in [0.05, 0.1) is 12.3 Å². The standard InChI is InChI=1S/C19H24FN3O2/c20-16-8-3-2-7-15(16)13-21-19(24)22-14-17(18-9-6-12-25-18)23-10-4-1-5-11-23/h2-3,6-9,12,17H,1,4-5,10-11,13-14H2,(H2,21,22,24). The van der Waals surface area contributed by atoms with E-state index in [2.05, 4.69) is 15.5 Å². The van der Waals surface area contributed by atoms with E-state index in [1.807, 2.05) is 12.1 Å². The Morgan fingerprint density at radius 1 is 1.12 bits per heavy atom. The number of nitrogens with one attached hydrogen (secondary N) is 2. The van der Waals surface area contributed by atoms with Gasteiger partial charge in [-0.1, -0.05) is 24.6 Å². The number of carbonyl (C=O) groups excluding carboxylic acids is 1. The average molecular weight is 345 g/mol. The van der Waals surface area contributed by atoms with Crippen molar-refractivity contribution in [2.45, 2.75) is 31.8 Å². The number of amides is 2. The van der Waals surface area contributed by atoms with Crippen molar-refractivity contribution >= 4 is 6.03 Å². The van der Waals surface area contributed by atoms with Crippen molar-refractivity contribution in [3.63, 3.8) is 0 Å². The number of hydrogen-bond acceptors (Lipinski definition) is 3. The van der Waals surface area contributed by atoms with Crippen LogP contribution in [0.15, 0.2) is 47.1 Å². The Hall–Kier alpha value is -2.34. The third kappa shape index (κ3) is 4.82. The Morgan fingerprint density at radius 2 is 1.92 bits per heavy atom. The predicted octanol–water partition coefficient (Wildman–Crippen LogP) is 3.45. The van der Waals surface area contributed by atoms with Gasteiger partial charge >= 0.3 is 6.03 Å². The maximum atomic E-state index is 13.6. The van der Waals surface area contributed by atoms with E-state index in [0.29, 0.717) is 12.1 Å². The molecule has 1 atom stereocenters. The summed E-state index contributed by atoms with van der Waals surface area (Å²) < 4.78 is 19.2. The van der Waals surface area contributed by atoms with Crippen LogP contribution < -0.4 is 10.6 Å². The van der Waals surface area contributed by atoms with Crippen LogP contribution in [0.1, 0.15) is 36.6 Å². The molecule has 1 aliphatic rings. The van der Waals surface area contributed by atoms with E-state index in [-0.39, 0.29) is 24.4 Å². The number of hydrogen-bond donors (Lipinski definition) is 2. The molecule has 1 fully saturated rings. The molecule has 1 aromatic carbocycles. The molecule has 0 spiro atoms. The Bertz CT molecular complexity index is 669. The zero-order valence-corrected chi connectivity index (χ0v) is 14.2. The van der Waals surface area contributed by atoms with Crippen molar-refractivity contribution in [2.24, 2.45) is 0 Å². The van der Waals surface area contributed by atoms with Crippen LogP contribution in [0.3, 0.4) is 0 Å². The molecule has 134 valence electrons. The molecule has 1 aliphatic heterocycles. The summed E-state index contributed by atoms with van der Waals surface area (Å²) in [6.45, 7) is 2.62. The van der Waals surface area contributed by atoms with Gasteiger partial charge < -0.3 is 15.1 Å². The van der Waals surface area contributed by atoms with Crippen LogP contribution in [0.5, 0.6) is 0 Å². The summed E-state index contributed by atoms with van der Waals surface area (Å²) in [6, 6.07) is 9.95. The minimum absolute atomic E-state index is 0.0227. The van der Waals surface area contributed by atoms with Gasteiger partial charge in [0, 0.05) is 18.7 Å². The van der Waals surface area contributed by atoms with Crippen molar-refractivity contribution in [3.8, 4) is 0 Å². The molecular weight excluding hydrogens is 321 g/mol. The minimum atomic E-state index is -0.315. The van der Waals surface area contributed by atoms with Crippen molar-refractivity contribution in [1.82, 2.24) is 15.5 Å².